The topological polar surface area (TPSA) is 91.3 Å². The highest BCUT2D eigenvalue weighted by atomic mass is 35.5. The molecule has 0 radical (unpaired) electrons. The summed E-state index contributed by atoms with van der Waals surface area (Å²) in [6.07, 6.45) is 22.0. The number of tetrazole rings is 1. The van der Waals surface area contributed by atoms with Crippen LogP contribution in [0.2, 0.25) is 0 Å². The fraction of sp³-hybridized carbons (Fsp3) is 0.500. The van der Waals surface area contributed by atoms with Crippen molar-refractivity contribution in [2.24, 2.45) is 10.9 Å². The maximum atomic E-state index is 6.21. The highest BCUT2D eigenvalue weighted by Gasteiger charge is 2.28. The maximum Gasteiger partial charge on any atom is 0.204 e. The van der Waals surface area contributed by atoms with Crippen molar-refractivity contribution in [3.63, 3.8) is 0 Å². The fourth-order valence-electron chi connectivity index (χ4n) is 5.39. The van der Waals surface area contributed by atoms with Crippen LogP contribution in [-0.2, 0) is 4.74 Å². The lowest BCUT2D eigenvalue weighted by molar-refractivity contribution is 0.273. The summed E-state index contributed by atoms with van der Waals surface area (Å²) in [7, 11) is 1.94. The van der Waals surface area contributed by atoms with Gasteiger partial charge in [0, 0.05) is 30.3 Å². The van der Waals surface area contributed by atoms with Gasteiger partial charge in [-0.05, 0) is 98.1 Å². The van der Waals surface area contributed by atoms with Crippen LogP contribution >= 0.6 is 11.6 Å². The number of rotatable bonds is 8. The van der Waals surface area contributed by atoms with Gasteiger partial charge in [-0.25, -0.2) is 10.4 Å². The van der Waals surface area contributed by atoms with Crippen molar-refractivity contribution in [2.75, 3.05) is 13.6 Å². The van der Waals surface area contributed by atoms with Gasteiger partial charge in [-0.15, -0.1) is 10.2 Å². The zero-order valence-electron chi connectivity index (χ0n) is 25.3. The van der Waals surface area contributed by atoms with Crippen LogP contribution in [0.15, 0.2) is 81.0 Å². The molecule has 2 N–H and O–H groups in total. The second kappa shape index (κ2) is 16.9. The minimum atomic E-state index is 0.541. The van der Waals surface area contributed by atoms with Gasteiger partial charge in [-0.1, -0.05) is 57.4 Å². The van der Waals surface area contributed by atoms with Crippen LogP contribution < -0.4 is 5.43 Å². The van der Waals surface area contributed by atoms with Crippen molar-refractivity contribution >= 4 is 23.4 Å². The standard InChI is InChI=1S/C30H40ClN7O.C2H6/c1-5-25(17-15-21(2)31)39-26-14-10-9-13-24(16-18-26)27-19-33-30(22(3)29-34-36-37-35-29)38(32-4)20-28(27)23-11-7-6-8-12-23;1-2/h5,14-17,19,23,32H,1,6-13,18,20H2,2-4H3,(H,34,35,36,37);1-2H3/b21-15+,24-16+,25-17+,26-14+,30-22+;. The zero-order valence-corrected chi connectivity index (χ0v) is 26.1. The quantitative estimate of drug-likeness (QED) is 0.240. The Kier molecular flexibility index (Phi) is 13.3. The van der Waals surface area contributed by atoms with Crippen molar-refractivity contribution in [3.05, 3.63) is 81.9 Å². The van der Waals surface area contributed by atoms with Gasteiger partial charge in [-0.3, -0.25) is 5.01 Å². The van der Waals surface area contributed by atoms with Crippen LogP contribution in [0.4, 0.5) is 0 Å². The molecule has 0 spiro atoms. The number of hydrogen-bond acceptors (Lipinski definition) is 7. The summed E-state index contributed by atoms with van der Waals surface area (Å²) >= 11 is 6.01. The van der Waals surface area contributed by atoms with Crippen molar-refractivity contribution in [2.45, 2.75) is 85.5 Å². The number of H-pyrrole nitrogens is 1. The van der Waals surface area contributed by atoms with E-state index >= 15 is 0 Å². The largest absolute Gasteiger partial charge is 0.462 e. The van der Waals surface area contributed by atoms with E-state index in [0.717, 1.165) is 43.0 Å². The summed E-state index contributed by atoms with van der Waals surface area (Å²) in [5.41, 5.74) is 8.29. The van der Waals surface area contributed by atoms with E-state index in [1.54, 1.807) is 6.08 Å². The Balaban J connectivity index is 0.00000226. The van der Waals surface area contributed by atoms with Gasteiger partial charge >= 0.3 is 0 Å². The van der Waals surface area contributed by atoms with Gasteiger partial charge in [0.1, 0.15) is 17.3 Å². The molecule has 41 heavy (non-hydrogen) atoms. The zero-order chi connectivity index (χ0) is 29.6. The van der Waals surface area contributed by atoms with Gasteiger partial charge in [0.25, 0.3) is 0 Å². The van der Waals surface area contributed by atoms with Crippen molar-refractivity contribution in [3.8, 4) is 0 Å². The molecule has 2 aliphatic carbocycles. The third-order valence-corrected chi connectivity index (χ3v) is 7.60. The van der Waals surface area contributed by atoms with Gasteiger partial charge in [0.05, 0.1) is 6.54 Å². The number of nitrogens with zero attached hydrogens (tertiary/aromatic N) is 5. The van der Waals surface area contributed by atoms with Crippen LogP contribution in [0, 0.1) is 5.92 Å². The molecule has 1 aromatic rings. The van der Waals surface area contributed by atoms with Crippen LogP contribution in [0.5, 0.6) is 0 Å². The Morgan fingerprint density at radius 3 is 2.59 bits per heavy atom. The summed E-state index contributed by atoms with van der Waals surface area (Å²) < 4.78 is 6.21. The Morgan fingerprint density at radius 1 is 1.15 bits per heavy atom. The lowest BCUT2D eigenvalue weighted by Crippen LogP contribution is -2.37. The number of hydrazine groups is 1. The van der Waals surface area contributed by atoms with E-state index in [1.807, 2.05) is 46.9 Å². The molecular formula is C32H46ClN7O. The number of nitrogens with one attached hydrogen (secondary N) is 2. The molecule has 2 heterocycles. The first-order valence-electron chi connectivity index (χ1n) is 14.9. The average molecular weight is 580 g/mol. The fourth-order valence-corrected chi connectivity index (χ4v) is 5.45. The third-order valence-electron chi connectivity index (χ3n) is 7.48. The van der Waals surface area contributed by atoms with Gasteiger partial charge in [0.2, 0.25) is 5.82 Å². The highest BCUT2D eigenvalue weighted by Crippen LogP contribution is 2.37. The highest BCUT2D eigenvalue weighted by molar-refractivity contribution is 6.29. The van der Waals surface area contributed by atoms with E-state index in [2.05, 4.69) is 56.0 Å². The van der Waals surface area contributed by atoms with Crippen LogP contribution in [0.25, 0.3) is 5.57 Å². The molecule has 1 aliphatic heterocycles. The molecule has 0 saturated heterocycles. The number of ether oxygens (including phenoxy) is 1. The van der Waals surface area contributed by atoms with E-state index in [9.17, 15) is 0 Å². The maximum absolute atomic E-state index is 6.21. The number of aromatic nitrogens is 4. The molecule has 9 heteroatoms. The van der Waals surface area contributed by atoms with Gasteiger partial charge in [-0.2, -0.15) is 5.21 Å². The molecule has 222 valence electrons. The first-order chi connectivity index (χ1) is 20.0. The summed E-state index contributed by atoms with van der Waals surface area (Å²) in [6.45, 7) is 12.5. The smallest absolute Gasteiger partial charge is 0.204 e. The normalized spacial score (nSPS) is 23.2. The number of allylic oxidation sites excluding steroid dienone is 9. The van der Waals surface area contributed by atoms with E-state index in [4.69, 9.17) is 21.3 Å². The Hall–Kier alpha value is -3.23. The van der Waals surface area contributed by atoms with Crippen molar-refractivity contribution < 1.29 is 4.74 Å². The second-order valence-electron chi connectivity index (χ2n) is 10.2. The Labute approximate surface area is 250 Å². The number of hydrogen-bond donors (Lipinski definition) is 2. The third kappa shape index (κ3) is 9.13. The lowest BCUT2D eigenvalue weighted by atomic mass is 9.79. The van der Waals surface area contributed by atoms with E-state index in [-0.39, 0.29) is 0 Å². The predicted molar refractivity (Wildman–Crippen MR) is 170 cm³/mol. The summed E-state index contributed by atoms with van der Waals surface area (Å²) in [5, 5.41) is 17.5. The first-order valence-corrected chi connectivity index (χ1v) is 15.3. The summed E-state index contributed by atoms with van der Waals surface area (Å²) in [4.78, 5) is 5.02. The van der Waals surface area contributed by atoms with Gasteiger partial charge in [0.15, 0.2) is 0 Å². The minimum absolute atomic E-state index is 0.541. The number of aliphatic imine (C=N–C) groups is 1. The lowest BCUT2D eigenvalue weighted by Gasteiger charge is -2.31. The molecule has 3 aliphatic rings. The van der Waals surface area contributed by atoms with E-state index < -0.39 is 0 Å². The number of halogens is 1. The van der Waals surface area contributed by atoms with Crippen LogP contribution in [0.3, 0.4) is 0 Å². The molecule has 4 rings (SSSR count). The summed E-state index contributed by atoms with van der Waals surface area (Å²) in [6, 6.07) is 0. The van der Waals surface area contributed by atoms with E-state index in [1.165, 1.54) is 48.8 Å². The predicted octanol–water partition coefficient (Wildman–Crippen LogP) is 7.93. The SMILES string of the molecule is C=C/C(=C\C=C(/C)Cl)O/C1=C/CCC/C(C2=C(C3CCCCC3)CN(NC)/C(=C(\C)c3nn[nH]n3)N=C2)=C\C1.CC. The van der Waals surface area contributed by atoms with Crippen LogP contribution in [-0.4, -0.2) is 45.4 Å². The van der Waals surface area contributed by atoms with Crippen molar-refractivity contribution in [1.82, 2.24) is 31.1 Å². The first kappa shape index (κ1) is 32.3. The molecule has 0 bridgehead atoms. The molecule has 1 fully saturated rings. The van der Waals surface area contributed by atoms with Crippen molar-refractivity contribution in [1.29, 1.82) is 0 Å². The molecule has 1 saturated carbocycles. The molecular weight excluding hydrogens is 534 g/mol. The molecule has 0 amide bonds. The Morgan fingerprint density at radius 2 is 1.93 bits per heavy atom. The Bertz CT molecular complexity index is 1220. The number of aromatic amines is 1. The molecule has 8 nitrogen and oxygen atoms in total. The van der Waals surface area contributed by atoms with E-state index in [0.29, 0.717) is 29.0 Å². The molecule has 0 unspecified atom stereocenters. The van der Waals surface area contributed by atoms with Crippen LogP contribution in [0.1, 0.15) is 91.3 Å². The average Bonchev–Trinajstić information content (AvgIpc) is 3.46. The molecule has 1 aromatic heterocycles. The monoisotopic (exact) mass is 579 g/mol. The minimum Gasteiger partial charge on any atom is -0.462 e. The molecule has 0 atom stereocenters. The second-order valence-corrected chi connectivity index (χ2v) is 10.7. The summed E-state index contributed by atoms with van der Waals surface area (Å²) in [5.74, 6) is 3.51. The van der Waals surface area contributed by atoms with Gasteiger partial charge < -0.3 is 4.74 Å². The molecule has 0 aromatic carbocycles.